The molecule has 0 radical (unpaired) electrons. The molecule has 0 amide bonds. The molecule has 22 heavy (non-hydrogen) atoms. The molecule has 4 nitrogen and oxygen atoms in total. The normalized spacial score (nSPS) is 30.7. The van der Waals surface area contributed by atoms with Crippen LogP contribution in [0.15, 0.2) is 42.2 Å². The van der Waals surface area contributed by atoms with Gasteiger partial charge in [-0.1, -0.05) is 36.8 Å². The smallest absolute Gasteiger partial charge is 0.373 e. The summed E-state index contributed by atoms with van der Waals surface area (Å²) < 4.78 is 16.6. The van der Waals surface area contributed by atoms with Crippen LogP contribution in [0.1, 0.15) is 37.2 Å². The molecule has 1 aromatic rings. The van der Waals surface area contributed by atoms with Crippen LogP contribution in [-0.4, -0.2) is 26.0 Å². The highest BCUT2D eigenvalue weighted by Gasteiger charge is 2.51. The summed E-state index contributed by atoms with van der Waals surface area (Å²) in [5, 5.41) is 0. The standard InChI is InChI=1S/C18H22O4/c1-20-17(19)16-12-14(13-8-4-3-5-9-13)15-10-6-7-11-18(15,21-2)22-16/h3-5,8-9,12,14-15H,6-7,10-11H2,1-2H3/t14-,15-,18+/m0/s1. The molecule has 118 valence electrons. The van der Waals surface area contributed by atoms with Crippen molar-refractivity contribution in [1.29, 1.82) is 0 Å². The van der Waals surface area contributed by atoms with Crippen LogP contribution < -0.4 is 0 Å². The van der Waals surface area contributed by atoms with E-state index in [1.54, 1.807) is 7.11 Å². The van der Waals surface area contributed by atoms with Crippen molar-refractivity contribution in [2.75, 3.05) is 14.2 Å². The highest BCUT2D eigenvalue weighted by atomic mass is 16.7. The lowest BCUT2D eigenvalue weighted by atomic mass is 9.71. The summed E-state index contributed by atoms with van der Waals surface area (Å²) in [6, 6.07) is 10.2. The van der Waals surface area contributed by atoms with E-state index in [1.165, 1.54) is 12.7 Å². The molecule has 3 atom stereocenters. The molecular weight excluding hydrogens is 280 g/mol. The van der Waals surface area contributed by atoms with Crippen molar-refractivity contribution in [3.8, 4) is 0 Å². The molecule has 0 N–H and O–H groups in total. The maximum absolute atomic E-state index is 12.0. The zero-order valence-electron chi connectivity index (χ0n) is 13.1. The van der Waals surface area contributed by atoms with Crippen molar-refractivity contribution in [3.63, 3.8) is 0 Å². The number of ether oxygens (including phenoxy) is 3. The minimum Gasteiger partial charge on any atom is -0.463 e. The van der Waals surface area contributed by atoms with Crippen LogP contribution in [0.4, 0.5) is 0 Å². The first kappa shape index (κ1) is 15.1. The summed E-state index contributed by atoms with van der Waals surface area (Å²) in [6.45, 7) is 0. The predicted octanol–water partition coefficient (Wildman–Crippen LogP) is 3.39. The molecule has 3 rings (SSSR count). The number of rotatable bonds is 3. The van der Waals surface area contributed by atoms with Gasteiger partial charge in [0.25, 0.3) is 0 Å². The number of carbonyl (C=O) groups excluding carboxylic acids is 1. The van der Waals surface area contributed by atoms with E-state index in [2.05, 4.69) is 12.1 Å². The van der Waals surface area contributed by atoms with E-state index in [1.807, 2.05) is 24.3 Å². The largest absolute Gasteiger partial charge is 0.463 e. The minimum atomic E-state index is -0.725. The maximum Gasteiger partial charge on any atom is 0.373 e. The molecular formula is C18H22O4. The third-order valence-electron chi connectivity index (χ3n) is 4.82. The van der Waals surface area contributed by atoms with Gasteiger partial charge in [0.05, 0.1) is 7.11 Å². The zero-order valence-corrected chi connectivity index (χ0v) is 13.1. The number of allylic oxidation sites excluding steroid dienone is 1. The second-order valence-corrected chi connectivity index (χ2v) is 5.93. The summed E-state index contributed by atoms with van der Waals surface area (Å²) >= 11 is 0. The van der Waals surface area contributed by atoms with Gasteiger partial charge in [-0.2, -0.15) is 0 Å². The number of hydrogen-bond acceptors (Lipinski definition) is 4. The van der Waals surface area contributed by atoms with Crippen molar-refractivity contribution < 1.29 is 19.0 Å². The van der Waals surface area contributed by atoms with Gasteiger partial charge in [-0.05, 0) is 24.5 Å². The highest BCUT2D eigenvalue weighted by Crippen LogP contribution is 2.50. The van der Waals surface area contributed by atoms with Crippen LogP contribution in [0.3, 0.4) is 0 Å². The Morgan fingerprint density at radius 3 is 2.68 bits per heavy atom. The first-order valence-electron chi connectivity index (χ1n) is 7.79. The molecule has 0 unspecified atom stereocenters. The average molecular weight is 302 g/mol. The van der Waals surface area contributed by atoms with Crippen LogP contribution in [-0.2, 0) is 19.0 Å². The maximum atomic E-state index is 12.0. The van der Waals surface area contributed by atoms with Crippen LogP contribution >= 0.6 is 0 Å². The second kappa shape index (κ2) is 6.13. The Hall–Kier alpha value is -1.81. The van der Waals surface area contributed by atoms with E-state index in [0.29, 0.717) is 0 Å². The fourth-order valence-electron chi connectivity index (χ4n) is 3.73. The van der Waals surface area contributed by atoms with Crippen LogP contribution in [0.5, 0.6) is 0 Å². The predicted molar refractivity (Wildman–Crippen MR) is 82.1 cm³/mol. The Kier molecular flexibility index (Phi) is 4.21. The summed E-state index contributed by atoms with van der Waals surface area (Å²) in [6.07, 6.45) is 5.92. The molecule has 0 bridgehead atoms. The molecule has 0 saturated heterocycles. The fraction of sp³-hybridized carbons (Fsp3) is 0.500. The molecule has 1 saturated carbocycles. The number of esters is 1. The van der Waals surface area contributed by atoms with Crippen LogP contribution in [0.25, 0.3) is 0 Å². The molecule has 2 aliphatic rings. The van der Waals surface area contributed by atoms with Gasteiger partial charge in [-0.25, -0.2) is 4.79 Å². The van der Waals surface area contributed by atoms with Gasteiger partial charge in [-0.3, -0.25) is 0 Å². The van der Waals surface area contributed by atoms with Crippen molar-refractivity contribution in [2.45, 2.75) is 37.4 Å². The summed E-state index contributed by atoms with van der Waals surface area (Å²) in [7, 11) is 3.04. The third-order valence-corrected chi connectivity index (χ3v) is 4.82. The summed E-state index contributed by atoms with van der Waals surface area (Å²) in [4.78, 5) is 12.0. The Morgan fingerprint density at radius 1 is 1.23 bits per heavy atom. The first-order chi connectivity index (χ1) is 10.7. The lowest BCUT2D eigenvalue weighted by Crippen LogP contribution is -2.50. The SMILES string of the molecule is COC(=O)C1=C[C@@H](c2ccccc2)[C@@H]2CCCC[C@@]2(OC)O1. The number of hydrogen-bond donors (Lipinski definition) is 0. The Balaban J connectivity index is 2.05. The number of benzene rings is 1. The van der Waals surface area contributed by atoms with Gasteiger partial charge in [0.15, 0.2) is 0 Å². The van der Waals surface area contributed by atoms with Gasteiger partial charge in [0.1, 0.15) is 0 Å². The van der Waals surface area contributed by atoms with Crippen LogP contribution in [0.2, 0.25) is 0 Å². The Morgan fingerprint density at radius 2 is 2.00 bits per heavy atom. The lowest BCUT2D eigenvalue weighted by Gasteiger charge is -2.48. The lowest BCUT2D eigenvalue weighted by molar-refractivity contribution is -0.259. The number of fused-ring (bicyclic) bond motifs is 1. The van der Waals surface area contributed by atoms with Gasteiger partial charge >= 0.3 is 5.97 Å². The first-order valence-corrected chi connectivity index (χ1v) is 7.79. The third kappa shape index (κ3) is 2.52. The number of methoxy groups -OCH3 is 2. The minimum absolute atomic E-state index is 0.101. The molecule has 1 aromatic carbocycles. The Labute approximate surface area is 131 Å². The average Bonchev–Trinajstić information content (AvgIpc) is 2.60. The zero-order chi connectivity index (χ0) is 15.6. The molecule has 1 aliphatic carbocycles. The topological polar surface area (TPSA) is 44.8 Å². The molecule has 0 spiro atoms. The molecule has 4 heteroatoms. The van der Waals surface area contributed by atoms with Gasteiger partial charge < -0.3 is 14.2 Å². The number of carbonyl (C=O) groups is 1. The summed E-state index contributed by atoms with van der Waals surface area (Å²) in [5.41, 5.74) is 1.18. The van der Waals surface area contributed by atoms with Gasteiger partial charge in [0, 0.05) is 25.4 Å². The van der Waals surface area contributed by atoms with E-state index >= 15 is 0 Å². The molecule has 1 fully saturated rings. The van der Waals surface area contributed by atoms with E-state index in [4.69, 9.17) is 14.2 Å². The van der Waals surface area contributed by atoms with Crippen LogP contribution in [0, 0.1) is 5.92 Å². The van der Waals surface area contributed by atoms with Crippen molar-refractivity contribution >= 4 is 5.97 Å². The summed E-state index contributed by atoms with van der Waals surface area (Å²) in [5.74, 6) is -0.596. The van der Waals surface area contributed by atoms with E-state index in [0.717, 1.165) is 25.7 Å². The Bertz CT molecular complexity index is 566. The monoisotopic (exact) mass is 302 g/mol. The van der Waals surface area contributed by atoms with Crippen molar-refractivity contribution in [1.82, 2.24) is 0 Å². The van der Waals surface area contributed by atoms with E-state index in [-0.39, 0.29) is 17.6 Å². The molecule has 1 heterocycles. The van der Waals surface area contributed by atoms with Crippen molar-refractivity contribution in [3.05, 3.63) is 47.7 Å². The highest BCUT2D eigenvalue weighted by molar-refractivity contribution is 5.86. The molecule has 0 aromatic heterocycles. The van der Waals surface area contributed by atoms with Gasteiger partial charge in [0.2, 0.25) is 11.5 Å². The van der Waals surface area contributed by atoms with Crippen molar-refractivity contribution in [2.24, 2.45) is 5.92 Å². The van der Waals surface area contributed by atoms with E-state index in [9.17, 15) is 4.79 Å². The van der Waals surface area contributed by atoms with Gasteiger partial charge in [-0.15, -0.1) is 0 Å². The fourth-order valence-corrected chi connectivity index (χ4v) is 3.73. The van der Waals surface area contributed by atoms with E-state index < -0.39 is 11.8 Å². The second-order valence-electron chi connectivity index (χ2n) is 5.93. The molecule has 1 aliphatic heterocycles. The quantitative estimate of drug-likeness (QED) is 0.803.